The van der Waals surface area contributed by atoms with Crippen LogP contribution in [0.4, 0.5) is 0 Å². The number of rotatable bonds is 83. The van der Waals surface area contributed by atoms with E-state index in [0.29, 0.717) is 58.0 Å². The number of nitrogens with zero attached hydrogens (tertiary/aromatic N) is 2. The van der Waals surface area contributed by atoms with Gasteiger partial charge in [0.2, 0.25) is 0 Å². The molecule has 594 valence electrons. The minimum atomic E-state index is -0.118. The molecule has 0 saturated carbocycles. The fraction of sp³-hybridized carbons (Fsp3) is 0.954. The SMILES string of the molecule is CCCCCCCCCOC(=O)CCCCCCCN(CCO)CCCCCCCCCC(=O)OC(CCCCCC)CCCC(CC)COC(CCCCCCC)COC(=O)CCCCCCCN(CCO)CCCCCCCC(=O)OC(CCCCCCCC)CCCCCCCC. The summed E-state index contributed by atoms with van der Waals surface area (Å²) in [5.41, 5.74) is 0. The molecule has 0 fully saturated rings. The second-order valence-corrected chi connectivity index (χ2v) is 30.5. The number of esters is 4. The maximum absolute atomic E-state index is 13.2. The summed E-state index contributed by atoms with van der Waals surface area (Å²) in [6, 6.07) is 0. The molecule has 0 heterocycles. The normalized spacial score (nSPS) is 12.7. The van der Waals surface area contributed by atoms with Crippen molar-refractivity contribution in [3.05, 3.63) is 0 Å². The van der Waals surface area contributed by atoms with Crippen molar-refractivity contribution in [3.63, 3.8) is 0 Å². The van der Waals surface area contributed by atoms with Gasteiger partial charge in [-0.2, -0.15) is 0 Å². The summed E-state index contributed by atoms with van der Waals surface area (Å²) in [4.78, 5) is 56.1. The Kier molecular flexibility index (Phi) is 77.4. The van der Waals surface area contributed by atoms with Gasteiger partial charge < -0.3 is 43.7 Å². The van der Waals surface area contributed by atoms with Gasteiger partial charge in [0.05, 0.1) is 25.9 Å². The van der Waals surface area contributed by atoms with Crippen LogP contribution in [0, 0.1) is 5.92 Å². The molecular formula is C87H170N2O11. The van der Waals surface area contributed by atoms with Gasteiger partial charge in [-0.1, -0.05) is 292 Å². The third-order valence-electron chi connectivity index (χ3n) is 20.8. The standard InChI is InChI=1S/C87H170N2O11/c1-7-13-18-23-29-44-57-77-96-84(92)65-49-37-30-41-54-70-88(73-75-90)69-53-40-28-26-27-36-51-67-87(95)100-82(60-45-22-17-11-5)64-58-59-80(12-6)78-97-83(63-48-33-21-16-10-4)79-98-85(93)66-50-38-31-42-55-71-89(74-76-91)72-56-43-32-39-52-68-86(94)99-81(61-46-34-24-19-14-8-2)62-47-35-25-20-15-9-3/h80-83,90-91H,7-79H2,1-6H3. The highest BCUT2D eigenvalue weighted by Gasteiger charge is 2.20. The van der Waals surface area contributed by atoms with Crippen LogP contribution in [0.3, 0.4) is 0 Å². The van der Waals surface area contributed by atoms with Crippen LogP contribution in [0.2, 0.25) is 0 Å². The van der Waals surface area contributed by atoms with E-state index in [2.05, 4.69) is 51.3 Å². The van der Waals surface area contributed by atoms with E-state index in [9.17, 15) is 29.4 Å². The van der Waals surface area contributed by atoms with Gasteiger partial charge in [0.1, 0.15) is 18.8 Å². The quantitative estimate of drug-likeness (QED) is 0.0337. The lowest BCUT2D eigenvalue weighted by Gasteiger charge is -2.23. The Labute approximate surface area is 619 Å². The van der Waals surface area contributed by atoms with E-state index in [1.807, 2.05) is 0 Å². The number of hydrogen-bond acceptors (Lipinski definition) is 13. The molecule has 100 heavy (non-hydrogen) atoms. The Morgan fingerprint density at radius 1 is 0.270 bits per heavy atom. The van der Waals surface area contributed by atoms with Crippen LogP contribution < -0.4 is 0 Å². The van der Waals surface area contributed by atoms with Crippen molar-refractivity contribution in [1.82, 2.24) is 9.80 Å². The minimum Gasteiger partial charge on any atom is -0.466 e. The molecule has 0 aromatic rings. The zero-order valence-electron chi connectivity index (χ0n) is 67.4. The van der Waals surface area contributed by atoms with Crippen molar-refractivity contribution in [2.45, 2.75) is 458 Å². The largest absolute Gasteiger partial charge is 0.466 e. The maximum atomic E-state index is 13.2. The van der Waals surface area contributed by atoms with Gasteiger partial charge in [-0.25, -0.2) is 0 Å². The molecule has 3 atom stereocenters. The molecule has 0 bridgehead atoms. The van der Waals surface area contributed by atoms with Crippen LogP contribution in [0.1, 0.15) is 440 Å². The summed E-state index contributed by atoms with van der Waals surface area (Å²) in [6.07, 6.45) is 68.0. The lowest BCUT2D eigenvalue weighted by atomic mass is 9.97. The summed E-state index contributed by atoms with van der Waals surface area (Å²) in [5, 5.41) is 19.5. The number of hydrogen-bond donors (Lipinski definition) is 2. The molecule has 0 aliphatic carbocycles. The second-order valence-electron chi connectivity index (χ2n) is 30.5. The zero-order chi connectivity index (χ0) is 72.9. The first-order valence-electron chi connectivity index (χ1n) is 44.1. The number of unbranched alkanes of at least 4 members (excludes halogenated alkanes) is 41. The van der Waals surface area contributed by atoms with Gasteiger partial charge in [-0.05, 0) is 154 Å². The van der Waals surface area contributed by atoms with Crippen LogP contribution in [-0.2, 0) is 42.9 Å². The lowest BCUT2D eigenvalue weighted by Crippen LogP contribution is -2.29. The fourth-order valence-electron chi connectivity index (χ4n) is 14.0. The Morgan fingerprint density at radius 3 is 0.900 bits per heavy atom. The van der Waals surface area contributed by atoms with E-state index >= 15 is 0 Å². The summed E-state index contributed by atoms with van der Waals surface area (Å²) < 4.78 is 30.3. The first-order chi connectivity index (χ1) is 49.1. The summed E-state index contributed by atoms with van der Waals surface area (Å²) in [6.45, 7) is 20.9. The van der Waals surface area contributed by atoms with Crippen LogP contribution >= 0.6 is 0 Å². The molecule has 0 aliphatic rings. The van der Waals surface area contributed by atoms with Crippen LogP contribution in [-0.4, -0.2) is 135 Å². The molecule has 0 saturated heterocycles. The first-order valence-corrected chi connectivity index (χ1v) is 44.1. The van der Waals surface area contributed by atoms with Crippen molar-refractivity contribution < 1.29 is 53.1 Å². The molecule has 13 heteroatoms. The highest BCUT2D eigenvalue weighted by Crippen LogP contribution is 2.24. The van der Waals surface area contributed by atoms with E-state index in [0.717, 1.165) is 232 Å². The average Bonchev–Trinajstić information content (AvgIpc) is 1.53. The van der Waals surface area contributed by atoms with Crippen molar-refractivity contribution in [1.29, 1.82) is 0 Å². The van der Waals surface area contributed by atoms with E-state index in [-0.39, 0.29) is 55.4 Å². The Bertz CT molecular complexity index is 1690. The molecule has 0 aromatic carbocycles. The number of carbonyl (C=O) groups excluding carboxylic acids is 4. The van der Waals surface area contributed by atoms with Crippen LogP contribution in [0.5, 0.6) is 0 Å². The van der Waals surface area contributed by atoms with Crippen molar-refractivity contribution in [2.75, 3.05) is 72.3 Å². The van der Waals surface area contributed by atoms with Crippen molar-refractivity contribution >= 4 is 23.9 Å². The van der Waals surface area contributed by atoms with E-state index in [1.165, 1.54) is 173 Å². The summed E-state index contributed by atoms with van der Waals surface area (Å²) >= 11 is 0. The van der Waals surface area contributed by atoms with Gasteiger partial charge in [0.25, 0.3) is 0 Å². The minimum absolute atomic E-state index is 0.00109. The Balaban J connectivity index is 4.61. The molecule has 13 nitrogen and oxygen atoms in total. The molecule has 0 aliphatic heterocycles. The predicted molar refractivity (Wildman–Crippen MR) is 422 cm³/mol. The van der Waals surface area contributed by atoms with Crippen LogP contribution in [0.15, 0.2) is 0 Å². The van der Waals surface area contributed by atoms with Crippen molar-refractivity contribution in [2.24, 2.45) is 5.92 Å². The number of carbonyl (C=O) groups is 4. The zero-order valence-corrected chi connectivity index (χ0v) is 67.4. The monoisotopic (exact) mass is 1420 g/mol. The second kappa shape index (κ2) is 79.2. The van der Waals surface area contributed by atoms with E-state index < -0.39 is 0 Å². The van der Waals surface area contributed by atoms with Crippen molar-refractivity contribution in [3.8, 4) is 0 Å². The summed E-state index contributed by atoms with van der Waals surface area (Å²) in [5.74, 6) is 0.213. The Morgan fingerprint density at radius 2 is 0.550 bits per heavy atom. The van der Waals surface area contributed by atoms with E-state index in [4.69, 9.17) is 23.7 Å². The predicted octanol–water partition coefficient (Wildman–Crippen LogP) is 23.8. The van der Waals surface area contributed by atoms with Crippen LogP contribution in [0.25, 0.3) is 0 Å². The number of aliphatic hydroxyl groups excluding tert-OH is 2. The number of aliphatic hydroxyl groups is 2. The molecule has 0 aromatic heterocycles. The molecule has 0 amide bonds. The maximum Gasteiger partial charge on any atom is 0.306 e. The smallest absolute Gasteiger partial charge is 0.306 e. The molecule has 3 unspecified atom stereocenters. The topological polar surface area (TPSA) is 161 Å². The Hall–Kier alpha value is -2.32. The molecule has 0 radical (unpaired) electrons. The van der Waals surface area contributed by atoms with Gasteiger partial charge in [-0.3, -0.25) is 19.2 Å². The number of ether oxygens (including phenoxy) is 5. The highest BCUT2D eigenvalue weighted by atomic mass is 16.6. The van der Waals surface area contributed by atoms with Gasteiger partial charge in [-0.15, -0.1) is 0 Å². The first kappa shape index (κ1) is 97.7. The van der Waals surface area contributed by atoms with E-state index in [1.54, 1.807) is 0 Å². The molecule has 0 rings (SSSR count). The average molecular weight is 1420 g/mol. The third-order valence-corrected chi connectivity index (χ3v) is 20.8. The molecule has 2 N–H and O–H groups in total. The molecular weight excluding hydrogens is 1250 g/mol. The van der Waals surface area contributed by atoms with Gasteiger partial charge >= 0.3 is 23.9 Å². The molecule has 0 spiro atoms. The lowest BCUT2D eigenvalue weighted by molar-refractivity contribution is -0.151. The van der Waals surface area contributed by atoms with Gasteiger partial charge in [0.15, 0.2) is 0 Å². The van der Waals surface area contributed by atoms with Gasteiger partial charge in [0, 0.05) is 45.4 Å². The third kappa shape index (κ3) is 70.0. The highest BCUT2D eigenvalue weighted by molar-refractivity contribution is 5.70. The fourth-order valence-corrected chi connectivity index (χ4v) is 14.0. The summed E-state index contributed by atoms with van der Waals surface area (Å²) in [7, 11) is 0.